The lowest BCUT2D eigenvalue weighted by atomic mass is 9.79. The number of nitrogens with zero attached hydrogens (tertiary/aromatic N) is 2. The molecule has 0 aromatic rings. The van der Waals surface area contributed by atoms with Gasteiger partial charge in [0, 0.05) is 19.1 Å². The number of carbonyl (C=O) groups is 3. The predicted octanol–water partition coefficient (Wildman–Crippen LogP) is 0.747. The summed E-state index contributed by atoms with van der Waals surface area (Å²) in [5, 5.41) is 0. The van der Waals surface area contributed by atoms with Gasteiger partial charge in [-0.05, 0) is 24.7 Å². The van der Waals surface area contributed by atoms with Gasteiger partial charge in [0.25, 0.3) is 0 Å². The van der Waals surface area contributed by atoms with E-state index >= 15 is 0 Å². The molecule has 6 nitrogen and oxygen atoms in total. The molecule has 0 aromatic heterocycles. The molecule has 1 saturated carbocycles. The van der Waals surface area contributed by atoms with Crippen molar-refractivity contribution >= 4 is 17.7 Å². The standard InChI is InChI=1S/C17H27N3O3/c1-17(2)10-19(8-7-13(17)18)14(21)9-20-15(22)11-5-3-4-6-12(11)16(20)23/h11-13H,3-10,18H2,1-2H3. The van der Waals surface area contributed by atoms with Gasteiger partial charge in [-0.15, -0.1) is 0 Å². The summed E-state index contributed by atoms with van der Waals surface area (Å²) < 4.78 is 0. The van der Waals surface area contributed by atoms with Gasteiger partial charge in [0.1, 0.15) is 6.54 Å². The lowest BCUT2D eigenvalue weighted by Crippen LogP contribution is -2.55. The van der Waals surface area contributed by atoms with Crippen LogP contribution >= 0.6 is 0 Å². The fraction of sp³-hybridized carbons (Fsp3) is 0.824. The fourth-order valence-electron chi connectivity index (χ4n) is 4.21. The first-order chi connectivity index (χ1) is 10.8. The number of imide groups is 1. The number of piperidine rings is 1. The van der Waals surface area contributed by atoms with Crippen molar-refractivity contribution in [3.05, 3.63) is 0 Å². The van der Waals surface area contributed by atoms with E-state index in [1.165, 1.54) is 4.90 Å². The van der Waals surface area contributed by atoms with Gasteiger partial charge in [-0.1, -0.05) is 26.7 Å². The summed E-state index contributed by atoms with van der Waals surface area (Å²) in [5.74, 6) is -0.780. The van der Waals surface area contributed by atoms with E-state index in [-0.39, 0.29) is 47.6 Å². The van der Waals surface area contributed by atoms with Crippen LogP contribution in [0.1, 0.15) is 46.0 Å². The van der Waals surface area contributed by atoms with Crippen LogP contribution < -0.4 is 5.73 Å². The Kier molecular flexibility index (Phi) is 4.21. The van der Waals surface area contributed by atoms with E-state index in [0.29, 0.717) is 13.1 Å². The summed E-state index contributed by atoms with van der Waals surface area (Å²) in [4.78, 5) is 40.5. The number of carbonyl (C=O) groups excluding carboxylic acids is 3. The van der Waals surface area contributed by atoms with E-state index in [2.05, 4.69) is 13.8 Å². The van der Waals surface area contributed by atoms with E-state index in [9.17, 15) is 14.4 Å². The predicted molar refractivity (Wildman–Crippen MR) is 85.1 cm³/mol. The Hall–Kier alpha value is -1.43. The SMILES string of the molecule is CC1(C)CN(C(=O)CN2C(=O)C3CCCCC3C2=O)CCC1N. The zero-order valence-corrected chi connectivity index (χ0v) is 14.1. The van der Waals surface area contributed by atoms with Gasteiger partial charge in [0.15, 0.2) is 0 Å². The molecule has 2 saturated heterocycles. The van der Waals surface area contributed by atoms with Crippen LogP contribution in [0.25, 0.3) is 0 Å². The summed E-state index contributed by atoms with van der Waals surface area (Å²) in [6, 6.07) is 0.0736. The van der Waals surface area contributed by atoms with E-state index in [0.717, 1.165) is 32.1 Å². The quantitative estimate of drug-likeness (QED) is 0.761. The molecule has 6 heteroatoms. The molecule has 3 fully saturated rings. The van der Waals surface area contributed by atoms with Crippen molar-refractivity contribution in [3.8, 4) is 0 Å². The summed E-state index contributed by atoms with van der Waals surface area (Å²) in [6.07, 6.45) is 4.32. The summed E-state index contributed by atoms with van der Waals surface area (Å²) >= 11 is 0. The molecule has 0 spiro atoms. The summed E-state index contributed by atoms with van der Waals surface area (Å²) in [6.45, 7) is 5.19. The van der Waals surface area contributed by atoms with Crippen molar-refractivity contribution in [3.63, 3.8) is 0 Å². The molecule has 3 amide bonds. The second kappa shape index (κ2) is 5.89. The zero-order chi connectivity index (χ0) is 16.8. The Labute approximate surface area is 137 Å². The highest BCUT2D eigenvalue weighted by Crippen LogP contribution is 2.38. The van der Waals surface area contributed by atoms with Crippen molar-refractivity contribution in [1.29, 1.82) is 0 Å². The first-order valence-corrected chi connectivity index (χ1v) is 8.70. The van der Waals surface area contributed by atoms with E-state index in [4.69, 9.17) is 5.73 Å². The molecule has 0 radical (unpaired) electrons. The molecule has 3 rings (SSSR count). The largest absolute Gasteiger partial charge is 0.340 e. The Balaban J connectivity index is 1.66. The monoisotopic (exact) mass is 321 g/mol. The smallest absolute Gasteiger partial charge is 0.242 e. The molecular formula is C17H27N3O3. The average Bonchev–Trinajstić information content (AvgIpc) is 2.75. The summed E-state index contributed by atoms with van der Waals surface area (Å²) in [7, 11) is 0. The van der Waals surface area contributed by atoms with Gasteiger partial charge >= 0.3 is 0 Å². The van der Waals surface area contributed by atoms with Crippen LogP contribution in [0.2, 0.25) is 0 Å². The van der Waals surface area contributed by atoms with Crippen LogP contribution in [0, 0.1) is 17.3 Å². The van der Waals surface area contributed by atoms with E-state index in [1.807, 2.05) is 0 Å². The van der Waals surface area contributed by atoms with Gasteiger partial charge in [0.2, 0.25) is 17.7 Å². The van der Waals surface area contributed by atoms with Crippen molar-refractivity contribution in [1.82, 2.24) is 9.80 Å². The number of rotatable bonds is 2. The molecule has 23 heavy (non-hydrogen) atoms. The zero-order valence-electron chi connectivity index (χ0n) is 14.1. The Morgan fingerprint density at radius 2 is 1.70 bits per heavy atom. The minimum Gasteiger partial charge on any atom is -0.340 e. The minimum absolute atomic E-state index is 0.0736. The fourth-order valence-corrected chi connectivity index (χ4v) is 4.21. The molecular weight excluding hydrogens is 294 g/mol. The van der Waals surface area contributed by atoms with Crippen LogP contribution in [0.4, 0.5) is 0 Å². The van der Waals surface area contributed by atoms with Crippen molar-refractivity contribution in [2.75, 3.05) is 19.6 Å². The molecule has 0 bridgehead atoms. The molecule has 3 atom stereocenters. The molecule has 3 unspecified atom stereocenters. The first-order valence-electron chi connectivity index (χ1n) is 8.70. The van der Waals surface area contributed by atoms with Gasteiger partial charge in [-0.25, -0.2) is 0 Å². The molecule has 3 aliphatic rings. The number of hydrogen-bond acceptors (Lipinski definition) is 4. The Morgan fingerprint density at radius 1 is 1.13 bits per heavy atom. The Morgan fingerprint density at radius 3 is 2.22 bits per heavy atom. The summed E-state index contributed by atoms with van der Waals surface area (Å²) in [5.41, 5.74) is 5.97. The number of hydrogen-bond donors (Lipinski definition) is 1. The number of fused-ring (bicyclic) bond motifs is 1. The normalized spacial score (nSPS) is 33.8. The van der Waals surface area contributed by atoms with Crippen LogP contribution in [0.15, 0.2) is 0 Å². The average molecular weight is 321 g/mol. The maximum atomic E-state index is 12.6. The maximum Gasteiger partial charge on any atom is 0.242 e. The van der Waals surface area contributed by atoms with Gasteiger partial charge < -0.3 is 10.6 Å². The van der Waals surface area contributed by atoms with Gasteiger partial charge in [-0.2, -0.15) is 0 Å². The number of amides is 3. The molecule has 1 aliphatic carbocycles. The van der Waals surface area contributed by atoms with Gasteiger partial charge in [-0.3, -0.25) is 19.3 Å². The molecule has 128 valence electrons. The number of nitrogens with two attached hydrogens (primary N) is 1. The van der Waals surface area contributed by atoms with Crippen LogP contribution in [-0.2, 0) is 14.4 Å². The van der Waals surface area contributed by atoms with Crippen LogP contribution in [0.3, 0.4) is 0 Å². The van der Waals surface area contributed by atoms with E-state index < -0.39 is 0 Å². The molecule has 2 N–H and O–H groups in total. The highest BCUT2D eigenvalue weighted by molar-refractivity contribution is 6.07. The first kappa shape index (κ1) is 16.4. The lowest BCUT2D eigenvalue weighted by Gasteiger charge is -2.42. The topological polar surface area (TPSA) is 83.7 Å². The number of likely N-dealkylation sites (tertiary alicyclic amines) is 2. The third-order valence-electron chi connectivity index (χ3n) is 5.89. The minimum atomic E-state index is -0.185. The van der Waals surface area contributed by atoms with Gasteiger partial charge in [0.05, 0.1) is 11.8 Å². The lowest BCUT2D eigenvalue weighted by molar-refractivity contribution is -0.147. The van der Waals surface area contributed by atoms with Crippen molar-refractivity contribution < 1.29 is 14.4 Å². The van der Waals surface area contributed by atoms with Crippen LogP contribution in [0.5, 0.6) is 0 Å². The third kappa shape index (κ3) is 2.89. The second-order valence-electron chi connectivity index (χ2n) is 7.96. The Bertz CT molecular complexity index is 507. The highest BCUT2D eigenvalue weighted by atomic mass is 16.2. The molecule has 0 aromatic carbocycles. The molecule has 2 heterocycles. The molecule has 2 aliphatic heterocycles. The third-order valence-corrected chi connectivity index (χ3v) is 5.89. The van der Waals surface area contributed by atoms with Crippen molar-refractivity contribution in [2.45, 2.75) is 52.0 Å². The van der Waals surface area contributed by atoms with Crippen molar-refractivity contribution in [2.24, 2.45) is 23.0 Å². The second-order valence-corrected chi connectivity index (χ2v) is 7.96. The van der Waals surface area contributed by atoms with E-state index in [1.54, 1.807) is 4.90 Å². The highest BCUT2D eigenvalue weighted by Gasteiger charge is 2.49. The van der Waals surface area contributed by atoms with Crippen LogP contribution in [-0.4, -0.2) is 53.2 Å². The maximum absolute atomic E-state index is 12.6.